The number of anilines is 1. The molecule has 1 aliphatic rings. The Kier molecular flexibility index (Phi) is 8.83. The highest BCUT2D eigenvalue weighted by atomic mass is 79.9. The molecule has 0 amide bonds. The van der Waals surface area contributed by atoms with Crippen LogP contribution in [0.3, 0.4) is 0 Å². The minimum Gasteiger partial charge on any atom is -1.00 e. The predicted molar refractivity (Wildman–Crippen MR) is 120 cm³/mol. The second-order valence-electron chi connectivity index (χ2n) is 9.32. The molecule has 8 heteroatoms. The molecule has 6 nitrogen and oxygen atoms in total. The SMILES string of the molecule is CCc1c(Cl)c(NC2CCC(C(C)(C)C)CC2)nc[n+]1Cc1ccc([N+](=O)[O-])cc1.[Br-]. The smallest absolute Gasteiger partial charge is 0.289 e. The number of halogens is 2. The predicted octanol–water partition coefficient (Wildman–Crippen LogP) is 2.56. The van der Waals surface area contributed by atoms with Crippen molar-refractivity contribution in [3.8, 4) is 0 Å². The van der Waals surface area contributed by atoms with Crippen LogP contribution < -0.4 is 26.9 Å². The van der Waals surface area contributed by atoms with Crippen molar-refractivity contribution < 1.29 is 26.5 Å². The van der Waals surface area contributed by atoms with Crippen LogP contribution in [-0.2, 0) is 13.0 Å². The fraction of sp³-hybridized carbons (Fsp3) is 0.565. The van der Waals surface area contributed by atoms with Gasteiger partial charge in [-0.3, -0.25) is 10.1 Å². The molecule has 0 spiro atoms. The number of nitrogens with zero attached hydrogens (tertiary/aromatic N) is 3. The minimum absolute atomic E-state index is 0. The van der Waals surface area contributed by atoms with Crippen molar-refractivity contribution in [1.29, 1.82) is 0 Å². The maximum Gasteiger partial charge on any atom is 0.289 e. The van der Waals surface area contributed by atoms with Crippen LogP contribution in [0.25, 0.3) is 0 Å². The van der Waals surface area contributed by atoms with Crippen LogP contribution in [0.5, 0.6) is 0 Å². The van der Waals surface area contributed by atoms with Crippen molar-refractivity contribution in [3.63, 3.8) is 0 Å². The summed E-state index contributed by atoms with van der Waals surface area (Å²) < 4.78 is 2.02. The fourth-order valence-electron chi connectivity index (χ4n) is 4.33. The maximum absolute atomic E-state index is 10.8. The quantitative estimate of drug-likeness (QED) is 0.368. The van der Waals surface area contributed by atoms with Crippen molar-refractivity contribution >= 4 is 23.1 Å². The average molecular weight is 512 g/mol. The second-order valence-corrected chi connectivity index (χ2v) is 9.70. The van der Waals surface area contributed by atoms with Gasteiger partial charge in [0.1, 0.15) is 12.2 Å². The van der Waals surface area contributed by atoms with E-state index in [9.17, 15) is 10.1 Å². The van der Waals surface area contributed by atoms with Gasteiger partial charge in [-0.2, -0.15) is 0 Å². The first kappa shape index (κ1) is 25.5. The highest BCUT2D eigenvalue weighted by Crippen LogP contribution is 2.38. The van der Waals surface area contributed by atoms with Gasteiger partial charge in [0.25, 0.3) is 17.8 Å². The van der Waals surface area contributed by atoms with Gasteiger partial charge in [0.2, 0.25) is 0 Å². The number of benzene rings is 1. The lowest BCUT2D eigenvalue weighted by molar-refractivity contribution is -0.698. The first-order valence-corrected chi connectivity index (χ1v) is 11.1. The molecule has 3 rings (SSSR count). The van der Waals surface area contributed by atoms with Crippen LogP contribution >= 0.6 is 11.6 Å². The van der Waals surface area contributed by atoms with Crippen LogP contribution in [0.2, 0.25) is 5.02 Å². The molecule has 1 aromatic heterocycles. The molecule has 0 unspecified atom stereocenters. The average Bonchev–Trinajstić information content (AvgIpc) is 2.70. The number of aromatic nitrogens is 2. The number of nitro benzene ring substituents is 1. The molecule has 1 fully saturated rings. The highest BCUT2D eigenvalue weighted by molar-refractivity contribution is 6.33. The molecule has 2 aromatic rings. The number of nitrogens with one attached hydrogen (secondary N) is 1. The third-order valence-electron chi connectivity index (χ3n) is 6.26. The van der Waals surface area contributed by atoms with E-state index in [0.717, 1.165) is 42.3 Å². The molecule has 1 aliphatic carbocycles. The van der Waals surface area contributed by atoms with Gasteiger partial charge >= 0.3 is 0 Å². The Balaban J connectivity index is 0.00000341. The van der Waals surface area contributed by atoms with Gasteiger partial charge in [-0.25, -0.2) is 4.57 Å². The van der Waals surface area contributed by atoms with Gasteiger partial charge in [-0.1, -0.05) is 39.3 Å². The zero-order chi connectivity index (χ0) is 21.9. The van der Waals surface area contributed by atoms with Gasteiger partial charge in [0.15, 0.2) is 5.02 Å². The van der Waals surface area contributed by atoms with Crippen LogP contribution in [0.15, 0.2) is 30.6 Å². The molecule has 0 saturated heterocycles. The highest BCUT2D eigenvalue weighted by Gasteiger charge is 2.31. The molecule has 31 heavy (non-hydrogen) atoms. The lowest BCUT2D eigenvalue weighted by Crippen LogP contribution is -3.00. The number of hydrogen-bond acceptors (Lipinski definition) is 4. The zero-order valence-corrected chi connectivity index (χ0v) is 21.0. The normalized spacial score (nSPS) is 18.9. The van der Waals surface area contributed by atoms with E-state index in [2.05, 4.69) is 38.0 Å². The number of non-ortho nitro benzene ring substituents is 1. The van der Waals surface area contributed by atoms with Crippen LogP contribution in [0.4, 0.5) is 11.5 Å². The Labute approximate surface area is 200 Å². The number of rotatable bonds is 6. The van der Waals surface area contributed by atoms with E-state index in [-0.39, 0.29) is 27.6 Å². The van der Waals surface area contributed by atoms with Crippen molar-refractivity contribution in [2.45, 2.75) is 72.4 Å². The molecule has 0 bridgehead atoms. The first-order valence-electron chi connectivity index (χ1n) is 10.8. The van der Waals surface area contributed by atoms with Gasteiger partial charge in [0.05, 0.1) is 4.92 Å². The summed E-state index contributed by atoms with van der Waals surface area (Å²) >= 11 is 6.73. The maximum atomic E-state index is 10.8. The third-order valence-corrected chi connectivity index (χ3v) is 6.66. The Morgan fingerprint density at radius 2 is 1.81 bits per heavy atom. The summed E-state index contributed by atoms with van der Waals surface area (Å²) in [7, 11) is 0. The summed E-state index contributed by atoms with van der Waals surface area (Å²) in [5, 5.41) is 15.1. The molecule has 0 atom stereocenters. The Morgan fingerprint density at radius 1 is 1.19 bits per heavy atom. The third kappa shape index (κ3) is 6.39. The molecule has 1 N–H and O–H groups in total. The van der Waals surface area contributed by atoms with Crippen LogP contribution in [0, 0.1) is 21.4 Å². The lowest BCUT2D eigenvalue weighted by Gasteiger charge is -2.37. The summed E-state index contributed by atoms with van der Waals surface area (Å²) in [6.07, 6.45) is 7.33. The summed E-state index contributed by atoms with van der Waals surface area (Å²) in [6.45, 7) is 9.64. The summed E-state index contributed by atoms with van der Waals surface area (Å²) in [5.41, 5.74) is 2.44. The van der Waals surface area contributed by atoms with E-state index < -0.39 is 0 Å². The molecule has 0 aliphatic heterocycles. The van der Waals surface area contributed by atoms with Crippen LogP contribution in [0.1, 0.15) is 64.6 Å². The molecule has 170 valence electrons. The number of nitro groups is 1. The summed E-state index contributed by atoms with van der Waals surface area (Å²) in [5.74, 6) is 1.53. The fourth-order valence-corrected chi connectivity index (χ4v) is 4.67. The van der Waals surface area contributed by atoms with Crippen molar-refractivity contribution in [3.05, 3.63) is 57.0 Å². The van der Waals surface area contributed by atoms with E-state index in [1.54, 1.807) is 12.1 Å². The minimum atomic E-state index is -0.387. The monoisotopic (exact) mass is 510 g/mol. The van der Waals surface area contributed by atoms with E-state index in [0.29, 0.717) is 23.0 Å². The molecule has 1 saturated carbocycles. The van der Waals surface area contributed by atoms with Gasteiger partial charge < -0.3 is 22.3 Å². The molecule has 1 aromatic carbocycles. The topological polar surface area (TPSA) is 71.9 Å². The van der Waals surface area contributed by atoms with E-state index >= 15 is 0 Å². The summed E-state index contributed by atoms with van der Waals surface area (Å²) in [4.78, 5) is 15.1. The van der Waals surface area contributed by atoms with E-state index in [1.807, 2.05) is 10.9 Å². The Bertz CT molecular complexity index is 892. The Hall–Kier alpha value is -1.73. The van der Waals surface area contributed by atoms with Crippen LogP contribution in [-0.4, -0.2) is 15.9 Å². The van der Waals surface area contributed by atoms with Crippen molar-refractivity contribution in [2.24, 2.45) is 11.3 Å². The van der Waals surface area contributed by atoms with E-state index in [4.69, 9.17) is 11.6 Å². The second kappa shape index (κ2) is 10.7. The molecule has 0 radical (unpaired) electrons. The van der Waals surface area contributed by atoms with Gasteiger partial charge in [-0.15, -0.1) is 0 Å². The largest absolute Gasteiger partial charge is 1.00 e. The van der Waals surface area contributed by atoms with Crippen molar-refractivity contribution in [1.82, 2.24) is 4.98 Å². The molecular formula is C23H32BrClN4O2. The van der Waals surface area contributed by atoms with Gasteiger partial charge in [0, 0.05) is 24.6 Å². The lowest BCUT2D eigenvalue weighted by atomic mass is 9.71. The van der Waals surface area contributed by atoms with E-state index in [1.165, 1.54) is 25.0 Å². The number of hydrogen-bond donors (Lipinski definition) is 1. The first-order chi connectivity index (χ1) is 14.2. The Morgan fingerprint density at radius 3 is 2.32 bits per heavy atom. The standard InChI is InChI=1S/C23H31ClN4O2.BrH/c1-5-20-21(24)22(26-18-10-8-17(9-11-18)23(2,3)4)25-15-27(20)14-16-6-12-19(13-7-16)28(29)30;/h6-7,12-13,15,17-18H,5,8-11,14H2,1-4H3;1H. The zero-order valence-electron chi connectivity index (χ0n) is 18.7. The van der Waals surface area contributed by atoms with Gasteiger partial charge in [-0.05, 0) is 59.7 Å². The summed E-state index contributed by atoms with van der Waals surface area (Å²) in [6, 6.07) is 7.01. The molecule has 1 heterocycles. The van der Waals surface area contributed by atoms with Crippen molar-refractivity contribution in [2.75, 3.05) is 5.32 Å². The molecular weight excluding hydrogens is 480 g/mol.